The Morgan fingerprint density at radius 3 is 2.89 bits per heavy atom. The van der Waals surface area contributed by atoms with Crippen LogP contribution < -0.4 is 5.32 Å². The summed E-state index contributed by atoms with van der Waals surface area (Å²) in [6.45, 7) is 2.21. The van der Waals surface area contributed by atoms with Crippen LogP contribution in [0.5, 0.6) is 0 Å². The molecule has 0 saturated heterocycles. The first kappa shape index (κ1) is 14.9. The number of hydrogen-bond donors (Lipinski definition) is 2. The fraction of sp³-hybridized carbons (Fsp3) is 0.533. The Kier molecular flexibility index (Phi) is 5.34. The van der Waals surface area contributed by atoms with Crippen LogP contribution in [0.25, 0.3) is 0 Å². The van der Waals surface area contributed by atoms with Crippen LogP contribution in [0.1, 0.15) is 49.4 Å². The Balaban J connectivity index is 2.09. The molecule has 1 fully saturated rings. The van der Waals surface area contributed by atoms with Crippen molar-refractivity contribution in [3.05, 3.63) is 28.2 Å². The van der Waals surface area contributed by atoms with Gasteiger partial charge in [0.15, 0.2) is 0 Å². The molecule has 104 valence electrons. The second-order valence-electron chi connectivity index (χ2n) is 5.20. The van der Waals surface area contributed by atoms with Crippen LogP contribution in [-0.4, -0.2) is 11.9 Å². The van der Waals surface area contributed by atoms with E-state index in [1.54, 1.807) is 0 Å². The first-order valence-corrected chi connectivity index (χ1v) is 8.15. The lowest BCUT2D eigenvalue weighted by atomic mass is 9.83. The Labute approximate surface area is 128 Å². The third-order valence-electron chi connectivity index (χ3n) is 3.94. The topological polar surface area (TPSA) is 29.1 Å². The van der Waals surface area contributed by atoms with E-state index >= 15 is 0 Å². The first-order chi connectivity index (χ1) is 9.11. The average molecular weight is 342 g/mol. The minimum absolute atomic E-state index is 0.00752. The molecule has 0 radical (unpaired) electrons. The van der Waals surface area contributed by atoms with Gasteiger partial charge < -0.3 is 5.32 Å². The smallest absolute Gasteiger partial charge is 0.252 e. The molecule has 0 bridgehead atoms. The van der Waals surface area contributed by atoms with Crippen molar-refractivity contribution in [2.45, 2.75) is 50.0 Å². The highest BCUT2D eigenvalue weighted by atomic mass is 79.9. The number of rotatable bonds is 3. The van der Waals surface area contributed by atoms with Gasteiger partial charge >= 0.3 is 0 Å². The van der Waals surface area contributed by atoms with Crippen molar-refractivity contribution in [3.63, 3.8) is 0 Å². The molecule has 2 unspecified atom stereocenters. The molecule has 2 atom stereocenters. The van der Waals surface area contributed by atoms with E-state index in [1.807, 2.05) is 18.2 Å². The molecule has 1 aromatic rings. The third-order valence-corrected chi connectivity index (χ3v) is 4.91. The highest BCUT2D eigenvalue weighted by Gasteiger charge is 2.25. The number of nitrogens with one attached hydrogen (secondary N) is 1. The number of thiol groups is 1. The molecule has 1 aliphatic rings. The predicted molar refractivity (Wildman–Crippen MR) is 84.9 cm³/mol. The molecule has 1 amide bonds. The van der Waals surface area contributed by atoms with Gasteiger partial charge in [0, 0.05) is 15.4 Å². The standard InChI is InChI=1S/C15H20BrNOS/c1-2-10-5-3-4-6-14(10)17-15(18)12-9-11(19)7-8-13(12)16/h7-10,14,19H,2-6H2,1H3,(H,17,18). The molecular weight excluding hydrogens is 322 g/mol. The summed E-state index contributed by atoms with van der Waals surface area (Å²) in [5, 5.41) is 3.20. The normalized spacial score (nSPS) is 23.1. The van der Waals surface area contributed by atoms with Gasteiger partial charge in [0.2, 0.25) is 0 Å². The summed E-state index contributed by atoms with van der Waals surface area (Å²) in [4.78, 5) is 13.2. The minimum Gasteiger partial charge on any atom is -0.349 e. The summed E-state index contributed by atoms with van der Waals surface area (Å²) in [5.41, 5.74) is 0.674. The number of amides is 1. The summed E-state index contributed by atoms with van der Waals surface area (Å²) >= 11 is 7.73. The van der Waals surface area contributed by atoms with E-state index in [2.05, 4.69) is 40.8 Å². The van der Waals surface area contributed by atoms with Gasteiger partial charge in [-0.2, -0.15) is 0 Å². The van der Waals surface area contributed by atoms with E-state index in [0.717, 1.165) is 22.2 Å². The Bertz CT molecular complexity index is 463. The van der Waals surface area contributed by atoms with Crippen LogP contribution in [0.4, 0.5) is 0 Å². The highest BCUT2D eigenvalue weighted by molar-refractivity contribution is 9.10. The zero-order valence-electron chi connectivity index (χ0n) is 11.2. The van der Waals surface area contributed by atoms with E-state index in [1.165, 1.54) is 19.3 Å². The fourth-order valence-electron chi connectivity index (χ4n) is 2.82. The maximum Gasteiger partial charge on any atom is 0.252 e. The molecule has 0 spiro atoms. The van der Waals surface area contributed by atoms with E-state index in [9.17, 15) is 4.79 Å². The maximum absolute atomic E-state index is 12.4. The van der Waals surface area contributed by atoms with Crippen molar-refractivity contribution in [3.8, 4) is 0 Å². The van der Waals surface area contributed by atoms with Gasteiger partial charge in [0.05, 0.1) is 5.56 Å². The highest BCUT2D eigenvalue weighted by Crippen LogP contribution is 2.28. The first-order valence-electron chi connectivity index (χ1n) is 6.91. The van der Waals surface area contributed by atoms with Gasteiger partial charge in [-0.15, -0.1) is 12.6 Å². The van der Waals surface area contributed by atoms with Gasteiger partial charge in [0.25, 0.3) is 5.91 Å². The number of hydrogen-bond acceptors (Lipinski definition) is 2. The summed E-state index contributed by atoms with van der Waals surface area (Å²) in [5.74, 6) is 0.629. The number of carbonyl (C=O) groups excluding carboxylic acids is 1. The van der Waals surface area contributed by atoms with Gasteiger partial charge in [-0.05, 0) is 52.9 Å². The van der Waals surface area contributed by atoms with E-state index in [0.29, 0.717) is 17.5 Å². The lowest BCUT2D eigenvalue weighted by Crippen LogP contribution is -2.42. The Morgan fingerprint density at radius 2 is 2.16 bits per heavy atom. The average Bonchev–Trinajstić information content (AvgIpc) is 2.42. The largest absolute Gasteiger partial charge is 0.349 e. The van der Waals surface area contributed by atoms with E-state index < -0.39 is 0 Å². The molecular formula is C15H20BrNOS. The van der Waals surface area contributed by atoms with Crippen molar-refractivity contribution in [2.75, 3.05) is 0 Å². The van der Waals surface area contributed by atoms with Gasteiger partial charge in [0.1, 0.15) is 0 Å². The van der Waals surface area contributed by atoms with Crippen molar-refractivity contribution in [1.82, 2.24) is 5.32 Å². The quantitative estimate of drug-likeness (QED) is 0.782. The van der Waals surface area contributed by atoms with Gasteiger partial charge in [-0.3, -0.25) is 4.79 Å². The fourth-order valence-corrected chi connectivity index (χ4v) is 3.45. The third kappa shape index (κ3) is 3.76. The van der Waals surface area contributed by atoms with Crippen molar-refractivity contribution >= 4 is 34.5 Å². The van der Waals surface area contributed by atoms with E-state index in [-0.39, 0.29) is 5.91 Å². The number of halogens is 1. The van der Waals surface area contributed by atoms with Crippen LogP contribution >= 0.6 is 28.6 Å². The molecule has 2 nitrogen and oxygen atoms in total. The monoisotopic (exact) mass is 341 g/mol. The van der Waals surface area contributed by atoms with Crippen molar-refractivity contribution in [2.24, 2.45) is 5.92 Å². The molecule has 1 N–H and O–H groups in total. The van der Waals surface area contributed by atoms with Crippen LogP contribution in [0, 0.1) is 5.92 Å². The Hall–Kier alpha value is -0.480. The molecule has 1 aliphatic carbocycles. The molecule has 2 rings (SSSR count). The zero-order valence-corrected chi connectivity index (χ0v) is 13.6. The second-order valence-corrected chi connectivity index (χ2v) is 6.57. The molecule has 0 aromatic heterocycles. The molecule has 1 saturated carbocycles. The van der Waals surface area contributed by atoms with Crippen molar-refractivity contribution < 1.29 is 4.79 Å². The zero-order chi connectivity index (χ0) is 13.8. The lowest BCUT2D eigenvalue weighted by molar-refractivity contribution is 0.0903. The van der Waals surface area contributed by atoms with Crippen LogP contribution in [0.3, 0.4) is 0 Å². The molecule has 1 aromatic carbocycles. The van der Waals surface area contributed by atoms with Crippen LogP contribution in [0.15, 0.2) is 27.6 Å². The molecule has 4 heteroatoms. The second kappa shape index (κ2) is 6.80. The van der Waals surface area contributed by atoms with Crippen molar-refractivity contribution in [1.29, 1.82) is 0 Å². The molecule has 0 aliphatic heterocycles. The van der Waals surface area contributed by atoms with Crippen LogP contribution in [0.2, 0.25) is 0 Å². The molecule has 19 heavy (non-hydrogen) atoms. The maximum atomic E-state index is 12.4. The SMILES string of the molecule is CCC1CCCCC1NC(=O)c1cc(S)ccc1Br. The summed E-state index contributed by atoms with van der Waals surface area (Å²) in [6, 6.07) is 5.88. The molecule has 0 heterocycles. The Morgan fingerprint density at radius 1 is 1.42 bits per heavy atom. The minimum atomic E-state index is 0.00752. The van der Waals surface area contributed by atoms with Gasteiger partial charge in [-0.25, -0.2) is 0 Å². The predicted octanol–water partition coefficient (Wildman–Crippen LogP) is 4.44. The summed E-state index contributed by atoms with van der Waals surface area (Å²) in [7, 11) is 0. The lowest BCUT2D eigenvalue weighted by Gasteiger charge is -2.31. The van der Waals surface area contributed by atoms with E-state index in [4.69, 9.17) is 0 Å². The van der Waals surface area contributed by atoms with Gasteiger partial charge in [-0.1, -0.05) is 26.2 Å². The number of carbonyl (C=O) groups is 1. The van der Waals surface area contributed by atoms with Crippen LogP contribution in [-0.2, 0) is 0 Å². The summed E-state index contributed by atoms with van der Waals surface area (Å²) < 4.78 is 0.826. The summed E-state index contributed by atoms with van der Waals surface area (Å²) in [6.07, 6.45) is 5.98. The number of benzene rings is 1.